The molecule has 0 saturated carbocycles. The summed E-state index contributed by atoms with van der Waals surface area (Å²) in [6.07, 6.45) is 44.0. The van der Waals surface area contributed by atoms with E-state index in [0.717, 1.165) is 32.1 Å². The molecule has 0 aromatic carbocycles. The van der Waals surface area contributed by atoms with Gasteiger partial charge in [0, 0.05) is 6.42 Å². The average molecular weight is 1110 g/mol. The van der Waals surface area contributed by atoms with Crippen LogP contribution in [0.2, 0.25) is 0 Å². The van der Waals surface area contributed by atoms with Gasteiger partial charge in [-0.15, -0.1) is 0 Å². The molecule has 0 aliphatic carbocycles. The molecule has 2 aliphatic rings. The molecule has 0 aromatic heterocycles. The maximum absolute atomic E-state index is 13.2. The number of amides is 1. The predicted octanol–water partition coefficient (Wildman–Crippen LogP) is 12.0. The van der Waals surface area contributed by atoms with Crippen molar-refractivity contribution in [1.29, 1.82) is 0 Å². The highest BCUT2D eigenvalue weighted by Crippen LogP contribution is 2.30. The van der Waals surface area contributed by atoms with Gasteiger partial charge in [-0.3, -0.25) is 4.79 Å². The molecule has 1 amide bonds. The van der Waals surface area contributed by atoms with Crippen molar-refractivity contribution in [2.75, 3.05) is 19.8 Å². The second-order valence-corrected chi connectivity index (χ2v) is 23.2. The number of aliphatic hydroxyl groups is 8. The summed E-state index contributed by atoms with van der Waals surface area (Å²) >= 11 is 0. The molecule has 9 N–H and O–H groups in total. The quantitative estimate of drug-likeness (QED) is 0.0204. The Morgan fingerprint density at radius 2 is 0.821 bits per heavy atom. The molecule has 2 rings (SSSR count). The Balaban J connectivity index is 1.66. The molecule has 0 aromatic rings. The zero-order chi connectivity index (χ0) is 56.7. The van der Waals surface area contributed by atoms with Crippen LogP contribution in [0, 0.1) is 0 Å². The zero-order valence-electron chi connectivity index (χ0n) is 49.7. The molecule has 0 bridgehead atoms. The standard InChI is InChI=1S/C64H121NO13/c1-3-5-7-9-11-13-15-17-18-19-20-21-22-23-24-25-26-27-28-29-30-31-32-33-34-35-36-37-39-41-43-45-47-53(68)52(65-56(69)48-46-44-42-40-38-16-14-12-10-8-6-4-2)51-75-63-61(74)59(72)62(55(50-67)77-63)78-64-60(73)58(71)57(70)54(49-66)76-64/h37,39,45,47,52-55,57-64,66-68,70-74H,3-36,38,40-44,46,48-51H2,1-2H3,(H,65,69)/b39-37+,47-45+. The van der Waals surface area contributed by atoms with Crippen LogP contribution in [-0.4, -0.2) is 140 Å². The summed E-state index contributed by atoms with van der Waals surface area (Å²) in [5.74, 6) is -0.247. The monoisotopic (exact) mass is 1110 g/mol. The minimum atomic E-state index is -1.79. The van der Waals surface area contributed by atoms with Gasteiger partial charge in [-0.25, -0.2) is 0 Å². The van der Waals surface area contributed by atoms with E-state index < -0.39 is 86.8 Å². The lowest BCUT2D eigenvalue weighted by Gasteiger charge is -2.46. The van der Waals surface area contributed by atoms with Crippen LogP contribution in [0.25, 0.3) is 0 Å². The molecule has 2 aliphatic heterocycles. The molecular formula is C64H121NO13. The third-order valence-electron chi connectivity index (χ3n) is 16.1. The minimum absolute atomic E-state index is 0.247. The maximum Gasteiger partial charge on any atom is 0.220 e. The number of carbonyl (C=O) groups is 1. The topological polar surface area (TPSA) is 228 Å². The molecule has 460 valence electrons. The van der Waals surface area contributed by atoms with Gasteiger partial charge < -0.3 is 65.1 Å². The van der Waals surface area contributed by atoms with Crippen LogP contribution in [0.3, 0.4) is 0 Å². The second kappa shape index (κ2) is 50.0. The highest BCUT2D eigenvalue weighted by Gasteiger charge is 2.51. The smallest absolute Gasteiger partial charge is 0.220 e. The Bertz CT molecular complexity index is 1400. The molecule has 2 fully saturated rings. The SMILES string of the molecule is CCCCCCCCCCCCCCCCCCCCCCCCCCCC/C=C/CC/C=C/C(O)C(COC1OC(CO)C(OC2OC(CO)C(O)C(O)C2O)C(O)C1O)NC(=O)CCCCCCCCCCCCCC. The van der Waals surface area contributed by atoms with E-state index in [0.29, 0.717) is 12.8 Å². The zero-order valence-corrected chi connectivity index (χ0v) is 49.7. The van der Waals surface area contributed by atoms with Crippen LogP contribution in [0.1, 0.15) is 284 Å². The molecule has 78 heavy (non-hydrogen) atoms. The molecule has 12 unspecified atom stereocenters. The molecule has 2 heterocycles. The van der Waals surface area contributed by atoms with E-state index in [1.165, 1.54) is 218 Å². The highest BCUT2D eigenvalue weighted by molar-refractivity contribution is 5.76. The van der Waals surface area contributed by atoms with Crippen LogP contribution in [-0.2, 0) is 23.7 Å². The fraction of sp³-hybridized carbons (Fsp3) is 0.922. The number of hydrogen-bond donors (Lipinski definition) is 9. The summed E-state index contributed by atoms with van der Waals surface area (Å²) in [4.78, 5) is 13.2. The number of nitrogens with one attached hydrogen (secondary N) is 1. The van der Waals surface area contributed by atoms with E-state index in [-0.39, 0.29) is 18.9 Å². The van der Waals surface area contributed by atoms with Crippen LogP contribution in [0.5, 0.6) is 0 Å². The van der Waals surface area contributed by atoms with Gasteiger partial charge in [0.05, 0.1) is 32.0 Å². The number of carbonyl (C=O) groups excluding carboxylic acids is 1. The Morgan fingerprint density at radius 1 is 0.449 bits per heavy atom. The summed E-state index contributed by atoms with van der Waals surface area (Å²) in [5.41, 5.74) is 0. The Hall–Kier alpha value is -1.53. The number of aliphatic hydroxyl groups excluding tert-OH is 8. The number of ether oxygens (including phenoxy) is 4. The summed E-state index contributed by atoms with van der Waals surface area (Å²) in [6, 6.07) is -0.927. The van der Waals surface area contributed by atoms with E-state index in [9.17, 15) is 45.6 Å². The number of allylic oxidation sites excluding steroid dienone is 3. The molecule has 2 saturated heterocycles. The number of rotatable bonds is 53. The molecule has 12 atom stereocenters. The van der Waals surface area contributed by atoms with Crippen LogP contribution < -0.4 is 5.32 Å². The fourth-order valence-corrected chi connectivity index (χ4v) is 10.9. The third-order valence-corrected chi connectivity index (χ3v) is 16.1. The molecule has 14 heteroatoms. The van der Waals surface area contributed by atoms with Gasteiger partial charge in [-0.1, -0.05) is 269 Å². The highest BCUT2D eigenvalue weighted by atomic mass is 16.7. The lowest BCUT2D eigenvalue weighted by molar-refractivity contribution is -0.359. The van der Waals surface area contributed by atoms with Crippen molar-refractivity contribution >= 4 is 5.91 Å². The first-order valence-corrected chi connectivity index (χ1v) is 32.6. The third kappa shape index (κ3) is 34.8. The maximum atomic E-state index is 13.2. The van der Waals surface area contributed by atoms with Gasteiger partial charge in [0.15, 0.2) is 12.6 Å². The normalized spacial score (nSPS) is 24.6. The van der Waals surface area contributed by atoms with Gasteiger partial charge >= 0.3 is 0 Å². The summed E-state index contributed by atoms with van der Waals surface area (Å²) in [6.45, 7) is 2.80. The van der Waals surface area contributed by atoms with Crippen molar-refractivity contribution in [2.45, 2.75) is 357 Å². The summed E-state index contributed by atoms with van der Waals surface area (Å²) < 4.78 is 22.8. The minimum Gasteiger partial charge on any atom is -0.394 e. The van der Waals surface area contributed by atoms with Gasteiger partial charge in [-0.2, -0.15) is 0 Å². The molecule has 0 radical (unpaired) electrons. The average Bonchev–Trinajstić information content (AvgIpc) is 3.44. The first kappa shape index (κ1) is 72.6. The Morgan fingerprint density at radius 3 is 1.26 bits per heavy atom. The first-order valence-electron chi connectivity index (χ1n) is 32.6. The molecule has 0 spiro atoms. The van der Waals surface area contributed by atoms with Gasteiger partial charge in [0.1, 0.15) is 48.8 Å². The van der Waals surface area contributed by atoms with Crippen LogP contribution >= 0.6 is 0 Å². The van der Waals surface area contributed by atoms with Crippen molar-refractivity contribution in [3.05, 3.63) is 24.3 Å². The van der Waals surface area contributed by atoms with E-state index in [2.05, 4.69) is 31.3 Å². The molecular weight excluding hydrogens is 991 g/mol. The van der Waals surface area contributed by atoms with E-state index in [1.54, 1.807) is 6.08 Å². The Kier molecular flexibility index (Phi) is 46.5. The van der Waals surface area contributed by atoms with Crippen molar-refractivity contribution in [3.63, 3.8) is 0 Å². The van der Waals surface area contributed by atoms with Crippen LogP contribution in [0.4, 0.5) is 0 Å². The number of unbranched alkanes of at least 4 members (excludes halogenated alkanes) is 38. The summed E-state index contributed by atoms with van der Waals surface area (Å²) in [7, 11) is 0. The lowest BCUT2D eigenvalue weighted by atomic mass is 9.97. The predicted molar refractivity (Wildman–Crippen MR) is 314 cm³/mol. The lowest BCUT2D eigenvalue weighted by Crippen LogP contribution is -2.65. The van der Waals surface area contributed by atoms with Gasteiger partial charge in [0.2, 0.25) is 5.91 Å². The largest absolute Gasteiger partial charge is 0.394 e. The van der Waals surface area contributed by atoms with Crippen molar-refractivity contribution in [2.24, 2.45) is 0 Å². The fourth-order valence-electron chi connectivity index (χ4n) is 10.9. The summed E-state index contributed by atoms with van der Waals surface area (Å²) in [5, 5.41) is 87.1. The second-order valence-electron chi connectivity index (χ2n) is 23.2. The van der Waals surface area contributed by atoms with Crippen molar-refractivity contribution in [3.8, 4) is 0 Å². The van der Waals surface area contributed by atoms with Crippen molar-refractivity contribution in [1.82, 2.24) is 5.32 Å². The van der Waals surface area contributed by atoms with Crippen LogP contribution in [0.15, 0.2) is 24.3 Å². The van der Waals surface area contributed by atoms with Gasteiger partial charge in [0.25, 0.3) is 0 Å². The van der Waals surface area contributed by atoms with E-state index in [4.69, 9.17) is 18.9 Å². The van der Waals surface area contributed by atoms with E-state index >= 15 is 0 Å². The van der Waals surface area contributed by atoms with E-state index in [1.807, 2.05) is 6.08 Å². The molecule has 14 nitrogen and oxygen atoms in total. The van der Waals surface area contributed by atoms with Crippen molar-refractivity contribution < 1.29 is 64.6 Å². The van der Waals surface area contributed by atoms with Gasteiger partial charge in [-0.05, 0) is 32.1 Å². The number of hydrogen-bond acceptors (Lipinski definition) is 13. The first-order chi connectivity index (χ1) is 38.1. The Labute approximate surface area is 475 Å².